The summed E-state index contributed by atoms with van der Waals surface area (Å²) in [5.41, 5.74) is 7.27. The van der Waals surface area contributed by atoms with Gasteiger partial charge in [-0.3, -0.25) is 4.79 Å². The number of rotatable bonds is 6. The molecule has 3 aromatic carbocycles. The third kappa shape index (κ3) is 5.15. The number of anilines is 2. The number of nitrogens with one attached hydrogen (secondary N) is 2. The van der Waals surface area contributed by atoms with Gasteiger partial charge in [0.2, 0.25) is 11.1 Å². The minimum atomic E-state index is -0.566. The van der Waals surface area contributed by atoms with Crippen molar-refractivity contribution in [3.63, 3.8) is 0 Å². The summed E-state index contributed by atoms with van der Waals surface area (Å²) in [5, 5.41) is 11.7. The summed E-state index contributed by atoms with van der Waals surface area (Å²) < 4.78 is 15.5. The van der Waals surface area contributed by atoms with E-state index in [1.807, 2.05) is 38.1 Å². The molecule has 0 saturated carbocycles. The van der Waals surface area contributed by atoms with Crippen LogP contribution >= 0.6 is 11.8 Å². The Morgan fingerprint density at radius 2 is 1.78 bits per heavy atom. The molecule has 1 amide bonds. The van der Waals surface area contributed by atoms with Crippen LogP contribution in [0.2, 0.25) is 0 Å². The van der Waals surface area contributed by atoms with Gasteiger partial charge in [-0.2, -0.15) is 4.98 Å². The first-order chi connectivity index (χ1) is 17.8. The minimum absolute atomic E-state index is 0.251. The number of aryl methyl sites for hydroxylation is 3. The van der Waals surface area contributed by atoms with Gasteiger partial charge < -0.3 is 10.6 Å². The fourth-order valence-corrected chi connectivity index (χ4v) is 5.33. The molecule has 2 N–H and O–H groups in total. The molecule has 0 saturated heterocycles. The predicted octanol–water partition coefficient (Wildman–Crippen LogP) is 6.56. The highest BCUT2D eigenvalue weighted by Gasteiger charge is 2.34. The second-order valence-corrected chi connectivity index (χ2v) is 10.2. The van der Waals surface area contributed by atoms with Crippen molar-refractivity contribution in [2.24, 2.45) is 0 Å². The van der Waals surface area contributed by atoms with E-state index in [0.717, 1.165) is 22.6 Å². The zero-order chi connectivity index (χ0) is 26.1. The molecule has 37 heavy (non-hydrogen) atoms. The highest BCUT2D eigenvalue weighted by atomic mass is 32.2. The van der Waals surface area contributed by atoms with Gasteiger partial charge in [-0.1, -0.05) is 65.9 Å². The third-order valence-corrected chi connectivity index (χ3v) is 7.40. The fraction of sp³-hybridized carbons (Fsp3) is 0.207. The van der Waals surface area contributed by atoms with Crippen molar-refractivity contribution < 1.29 is 9.18 Å². The molecule has 0 bridgehead atoms. The summed E-state index contributed by atoms with van der Waals surface area (Å²) in [4.78, 5) is 18.3. The van der Waals surface area contributed by atoms with Gasteiger partial charge in [-0.05, 0) is 68.1 Å². The summed E-state index contributed by atoms with van der Waals surface area (Å²) in [6, 6.07) is 19.6. The number of nitrogens with zero attached hydrogens (tertiary/aromatic N) is 3. The first kappa shape index (κ1) is 24.8. The Balaban J connectivity index is 1.49. The first-order valence-corrected chi connectivity index (χ1v) is 13.0. The molecule has 1 aliphatic rings. The standard InChI is InChI=1S/C29H28FN5OS/c1-17-9-10-18(2)22(15-17)16-37-29-33-28-31-20(4)25(27(36)32-24-8-6-5-7-19(24)3)26(35(28)34-29)21-11-13-23(30)14-12-21/h5-15,26H,16H2,1-4H3,(H,32,36)(H,31,33,34)/t26-/m1/s1. The third-order valence-electron chi connectivity index (χ3n) is 6.52. The molecule has 4 aromatic rings. The van der Waals surface area contributed by atoms with Crippen molar-refractivity contribution >= 4 is 29.3 Å². The molecule has 8 heteroatoms. The lowest BCUT2D eigenvalue weighted by atomic mass is 9.95. The average molecular weight is 514 g/mol. The number of fused-ring (bicyclic) bond motifs is 1. The Bertz CT molecular complexity index is 1510. The minimum Gasteiger partial charge on any atom is -0.328 e. The molecule has 1 atom stereocenters. The molecule has 2 heterocycles. The maximum absolute atomic E-state index is 13.8. The lowest BCUT2D eigenvalue weighted by molar-refractivity contribution is -0.113. The van der Waals surface area contributed by atoms with Crippen molar-refractivity contribution in [1.29, 1.82) is 0 Å². The zero-order valence-electron chi connectivity index (χ0n) is 21.2. The Labute approximate surface area is 220 Å². The quantitative estimate of drug-likeness (QED) is 0.286. The van der Waals surface area contributed by atoms with Crippen LogP contribution in [-0.2, 0) is 10.5 Å². The van der Waals surface area contributed by atoms with Gasteiger partial charge in [0, 0.05) is 17.1 Å². The van der Waals surface area contributed by atoms with Crippen molar-refractivity contribution in [3.8, 4) is 0 Å². The van der Waals surface area contributed by atoms with Crippen LogP contribution in [0, 0.1) is 26.6 Å². The molecular formula is C29H28FN5OS. The van der Waals surface area contributed by atoms with Crippen LogP contribution in [0.4, 0.5) is 16.0 Å². The molecule has 0 spiro atoms. The summed E-state index contributed by atoms with van der Waals surface area (Å²) in [7, 11) is 0. The van der Waals surface area contributed by atoms with E-state index < -0.39 is 6.04 Å². The van der Waals surface area contributed by atoms with E-state index in [9.17, 15) is 9.18 Å². The second-order valence-electron chi connectivity index (χ2n) is 9.27. The van der Waals surface area contributed by atoms with Crippen LogP contribution < -0.4 is 10.6 Å². The highest BCUT2D eigenvalue weighted by Crippen LogP contribution is 2.37. The van der Waals surface area contributed by atoms with E-state index in [1.54, 1.807) is 28.6 Å². The molecule has 0 aliphatic carbocycles. The van der Waals surface area contributed by atoms with E-state index in [-0.39, 0.29) is 11.7 Å². The van der Waals surface area contributed by atoms with E-state index >= 15 is 0 Å². The fourth-order valence-electron chi connectivity index (χ4n) is 4.44. The lowest BCUT2D eigenvalue weighted by Gasteiger charge is -2.28. The number of para-hydroxylation sites is 1. The number of amides is 1. The number of allylic oxidation sites excluding steroid dienone is 1. The van der Waals surface area contributed by atoms with E-state index in [1.165, 1.54) is 28.8 Å². The Morgan fingerprint density at radius 1 is 1.03 bits per heavy atom. The summed E-state index contributed by atoms with van der Waals surface area (Å²) in [6.45, 7) is 7.98. The topological polar surface area (TPSA) is 71.8 Å². The maximum atomic E-state index is 13.8. The smallest absolute Gasteiger partial charge is 0.255 e. The van der Waals surface area contributed by atoms with E-state index in [4.69, 9.17) is 10.1 Å². The van der Waals surface area contributed by atoms with Crippen LogP contribution in [0.25, 0.3) is 0 Å². The van der Waals surface area contributed by atoms with Gasteiger partial charge in [0.15, 0.2) is 0 Å². The number of thioether (sulfide) groups is 1. The summed E-state index contributed by atoms with van der Waals surface area (Å²) in [6.07, 6.45) is 0. The average Bonchev–Trinajstić information content (AvgIpc) is 3.28. The molecule has 6 nitrogen and oxygen atoms in total. The normalized spacial score (nSPS) is 14.8. The summed E-state index contributed by atoms with van der Waals surface area (Å²) in [5.74, 6) is 0.681. The lowest BCUT2D eigenvalue weighted by Crippen LogP contribution is -2.31. The Morgan fingerprint density at radius 3 is 2.54 bits per heavy atom. The SMILES string of the molecule is CC1=C(C(=O)Nc2ccccc2C)[C@@H](c2ccc(F)cc2)n2nc(SCc3cc(C)ccc3C)nc2N1. The van der Waals surface area contributed by atoms with Crippen LogP contribution in [0.5, 0.6) is 0 Å². The molecule has 1 aromatic heterocycles. The van der Waals surface area contributed by atoms with Gasteiger partial charge in [0.1, 0.15) is 11.9 Å². The van der Waals surface area contributed by atoms with Crippen molar-refractivity contribution in [3.05, 3.63) is 112 Å². The monoisotopic (exact) mass is 513 g/mol. The van der Waals surface area contributed by atoms with Crippen LogP contribution in [0.1, 0.15) is 40.8 Å². The van der Waals surface area contributed by atoms with Gasteiger partial charge in [0.05, 0.1) is 5.57 Å². The molecule has 5 rings (SSSR count). The zero-order valence-corrected chi connectivity index (χ0v) is 22.0. The predicted molar refractivity (Wildman–Crippen MR) is 146 cm³/mol. The number of carbonyl (C=O) groups excluding carboxylic acids is 1. The highest BCUT2D eigenvalue weighted by molar-refractivity contribution is 7.98. The van der Waals surface area contributed by atoms with Crippen molar-refractivity contribution in [1.82, 2.24) is 14.8 Å². The molecule has 0 radical (unpaired) electrons. The van der Waals surface area contributed by atoms with Gasteiger partial charge in [0.25, 0.3) is 5.91 Å². The van der Waals surface area contributed by atoms with E-state index in [2.05, 4.69) is 42.7 Å². The Hall–Kier alpha value is -3.91. The van der Waals surface area contributed by atoms with Crippen LogP contribution in [0.3, 0.4) is 0 Å². The largest absolute Gasteiger partial charge is 0.328 e. The van der Waals surface area contributed by atoms with Crippen molar-refractivity contribution in [2.75, 3.05) is 10.6 Å². The number of hydrogen-bond donors (Lipinski definition) is 2. The molecule has 1 aliphatic heterocycles. The number of aromatic nitrogens is 3. The number of carbonyl (C=O) groups is 1. The maximum Gasteiger partial charge on any atom is 0.255 e. The number of benzene rings is 3. The number of hydrogen-bond acceptors (Lipinski definition) is 5. The molecule has 0 unspecified atom stereocenters. The molecule has 0 fully saturated rings. The van der Waals surface area contributed by atoms with Gasteiger partial charge >= 0.3 is 0 Å². The van der Waals surface area contributed by atoms with Gasteiger partial charge in [-0.25, -0.2) is 9.07 Å². The van der Waals surface area contributed by atoms with Crippen LogP contribution in [-0.4, -0.2) is 20.7 Å². The molecule has 188 valence electrons. The second kappa shape index (κ2) is 10.2. The van der Waals surface area contributed by atoms with Gasteiger partial charge in [-0.15, -0.1) is 5.10 Å². The Kier molecular flexibility index (Phi) is 6.84. The molecular weight excluding hydrogens is 485 g/mol. The summed E-state index contributed by atoms with van der Waals surface area (Å²) >= 11 is 1.54. The van der Waals surface area contributed by atoms with Crippen molar-refractivity contribution in [2.45, 2.75) is 44.6 Å². The van der Waals surface area contributed by atoms with Crippen LogP contribution in [0.15, 0.2) is 83.2 Å². The first-order valence-electron chi connectivity index (χ1n) is 12.1. The van der Waals surface area contributed by atoms with E-state index in [0.29, 0.717) is 22.4 Å². The number of halogens is 1.